The number of aliphatic hydroxyl groups is 1. The van der Waals surface area contributed by atoms with Gasteiger partial charge in [-0.2, -0.15) is 0 Å². The fourth-order valence-corrected chi connectivity index (χ4v) is 3.31. The maximum atomic E-state index is 11.9. The highest BCUT2D eigenvalue weighted by atomic mass is 32.2. The molecule has 0 saturated heterocycles. The minimum atomic E-state index is -3.03. The van der Waals surface area contributed by atoms with E-state index in [1.807, 2.05) is 28.8 Å². The normalized spacial score (nSPS) is 14.0. The van der Waals surface area contributed by atoms with Crippen LogP contribution >= 0.6 is 0 Å². The Labute approximate surface area is 125 Å². The third-order valence-electron chi connectivity index (χ3n) is 3.59. The van der Waals surface area contributed by atoms with Crippen molar-refractivity contribution in [3.8, 4) is 0 Å². The van der Waals surface area contributed by atoms with Gasteiger partial charge in [0.25, 0.3) is 0 Å². The van der Waals surface area contributed by atoms with Crippen molar-refractivity contribution in [3.05, 3.63) is 30.1 Å². The Balaban J connectivity index is 2.23. The Bertz CT molecular complexity index is 718. The van der Waals surface area contributed by atoms with Crippen LogP contribution in [-0.2, 0) is 16.4 Å². The number of aryl methyl sites for hydroxylation is 1. The summed E-state index contributed by atoms with van der Waals surface area (Å²) in [5.41, 5.74) is 1.75. The summed E-state index contributed by atoms with van der Waals surface area (Å²) in [7, 11) is -3.03. The zero-order valence-electron chi connectivity index (χ0n) is 12.7. The van der Waals surface area contributed by atoms with E-state index in [0.29, 0.717) is 18.8 Å². The Morgan fingerprint density at radius 2 is 1.90 bits per heavy atom. The van der Waals surface area contributed by atoms with Crippen LogP contribution in [0.3, 0.4) is 0 Å². The Morgan fingerprint density at radius 3 is 2.52 bits per heavy atom. The minimum absolute atomic E-state index is 0.149. The molecule has 0 fully saturated rings. The van der Waals surface area contributed by atoms with Gasteiger partial charge in [-0.05, 0) is 39.3 Å². The van der Waals surface area contributed by atoms with Crippen LogP contribution in [0, 0.1) is 0 Å². The monoisotopic (exact) mass is 310 g/mol. The van der Waals surface area contributed by atoms with E-state index in [-0.39, 0.29) is 11.0 Å². The Hall–Kier alpha value is -1.40. The molecule has 0 radical (unpaired) electrons. The summed E-state index contributed by atoms with van der Waals surface area (Å²) in [6.45, 7) is 5.60. The van der Waals surface area contributed by atoms with Crippen molar-refractivity contribution in [2.75, 3.05) is 5.75 Å². The van der Waals surface area contributed by atoms with Crippen molar-refractivity contribution in [2.45, 2.75) is 45.1 Å². The molecule has 2 aromatic rings. The number of nitrogens with zero attached hydrogens (tertiary/aromatic N) is 2. The third-order valence-corrected chi connectivity index (χ3v) is 5.88. The summed E-state index contributed by atoms with van der Waals surface area (Å²) in [6, 6.07) is 7.64. The van der Waals surface area contributed by atoms with Gasteiger partial charge in [0, 0.05) is 6.54 Å². The van der Waals surface area contributed by atoms with Gasteiger partial charge in [0.2, 0.25) is 0 Å². The van der Waals surface area contributed by atoms with Crippen molar-refractivity contribution < 1.29 is 13.5 Å². The molecule has 1 aromatic heterocycles. The molecule has 0 amide bonds. The lowest BCUT2D eigenvalue weighted by molar-refractivity contribution is 0.184. The second-order valence-electron chi connectivity index (χ2n) is 5.56. The molecule has 1 heterocycles. The van der Waals surface area contributed by atoms with Gasteiger partial charge in [-0.15, -0.1) is 0 Å². The van der Waals surface area contributed by atoms with E-state index in [0.717, 1.165) is 11.0 Å². The third kappa shape index (κ3) is 3.44. The first-order valence-electron chi connectivity index (χ1n) is 7.17. The van der Waals surface area contributed by atoms with Gasteiger partial charge in [-0.3, -0.25) is 0 Å². The zero-order valence-corrected chi connectivity index (χ0v) is 13.5. The summed E-state index contributed by atoms with van der Waals surface area (Å²) >= 11 is 0. The number of imidazole rings is 1. The first kappa shape index (κ1) is 16.0. The maximum absolute atomic E-state index is 11.9. The van der Waals surface area contributed by atoms with Gasteiger partial charge in [0.05, 0.1) is 22.0 Å². The number of sulfone groups is 1. The number of hydrogen-bond donors (Lipinski definition) is 1. The van der Waals surface area contributed by atoms with Crippen molar-refractivity contribution in [2.24, 2.45) is 0 Å². The molecule has 1 aromatic carbocycles. The van der Waals surface area contributed by atoms with E-state index in [4.69, 9.17) is 0 Å². The molecular formula is C15H22N2O3S. The second kappa shape index (κ2) is 6.15. The van der Waals surface area contributed by atoms with Gasteiger partial charge in [0.1, 0.15) is 11.9 Å². The molecule has 0 saturated carbocycles. The van der Waals surface area contributed by atoms with Crippen LogP contribution < -0.4 is 0 Å². The van der Waals surface area contributed by atoms with Crippen molar-refractivity contribution in [1.82, 2.24) is 9.55 Å². The molecule has 0 aliphatic carbocycles. The lowest BCUT2D eigenvalue weighted by atomic mass is 10.3. The lowest BCUT2D eigenvalue weighted by Crippen LogP contribution is -2.19. The molecule has 0 bridgehead atoms. The fourth-order valence-electron chi connectivity index (χ4n) is 2.31. The molecule has 0 aliphatic heterocycles. The van der Waals surface area contributed by atoms with Crippen LogP contribution in [-0.4, -0.2) is 34.1 Å². The van der Waals surface area contributed by atoms with Crippen molar-refractivity contribution >= 4 is 20.9 Å². The number of rotatable bonds is 6. The van der Waals surface area contributed by atoms with E-state index in [2.05, 4.69) is 4.98 Å². The van der Waals surface area contributed by atoms with E-state index in [9.17, 15) is 13.5 Å². The summed E-state index contributed by atoms with van der Waals surface area (Å²) in [4.78, 5) is 4.43. The molecule has 1 N–H and O–H groups in total. The number of fused-ring (bicyclic) bond motifs is 1. The summed E-state index contributed by atoms with van der Waals surface area (Å²) in [6.07, 6.45) is -0.167. The molecule has 0 aliphatic rings. The smallest absolute Gasteiger partial charge is 0.152 e. The van der Waals surface area contributed by atoms with Gasteiger partial charge in [-0.25, -0.2) is 13.4 Å². The Morgan fingerprint density at radius 1 is 1.24 bits per heavy atom. The van der Waals surface area contributed by atoms with Gasteiger partial charge in [0.15, 0.2) is 9.84 Å². The summed E-state index contributed by atoms with van der Waals surface area (Å²) in [5.74, 6) is 0.731. The summed E-state index contributed by atoms with van der Waals surface area (Å²) < 4.78 is 25.6. The highest BCUT2D eigenvalue weighted by Gasteiger charge is 2.18. The highest BCUT2D eigenvalue weighted by Crippen LogP contribution is 2.21. The number of para-hydroxylation sites is 2. The van der Waals surface area contributed by atoms with Gasteiger partial charge in [-0.1, -0.05) is 12.1 Å². The molecule has 21 heavy (non-hydrogen) atoms. The lowest BCUT2D eigenvalue weighted by Gasteiger charge is -2.12. The van der Waals surface area contributed by atoms with Crippen LogP contribution in [0.25, 0.3) is 11.0 Å². The molecule has 5 nitrogen and oxygen atoms in total. The maximum Gasteiger partial charge on any atom is 0.152 e. The quantitative estimate of drug-likeness (QED) is 0.888. The van der Waals surface area contributed by atoms with Crippen molar-refractivity contribution in [1.29, 1.82) is 0 Å². The molecule has 116 valence electrons. The van der Waals surface area contributed by atoms with E-state index in [1.54, 1.807) is 20.8 Å². The molecular weight excluding hydrogens is 288 g/mol. The predicted octanol–water partition coefficient (Wildman–Crippen LogP) is 2.30. The molecule has 0 spiro atoms. The molecule has 2 rings (SSSR count). The fraction of sp³-hybridized carbons (Fsp3) is 0.533. The number of hydrogen-bond acceptors (Lipinski definition) is 4. The van der Waals surface area contributed by atoms with Gasteiger partial charge < -0.3 is 9.67 Å². The second-order valence-corrected chi connectivity index (χ2v) is 8.23. The first-order valence-corrected chi connectivity index (χ1v) is 8.89. The summed E-state index contributed by atoms with van der Waals surface area (Å²) in [5, 5.41) is 9.50. The predicted molar refractivity (Wildman–Crippen MR) is 83.9 cm³/mol. The highest BCUT2D eigenvalue weighted by molar-refractivity contribution is 7.91. The first-order chi connectivity index (χ1) is 9.83. The average molecular weight is 310 g/mol. The van der Waals surface area contributed by atoms with Crippen LogP contribution in [0.2, 0.25) is 0 Å². The van der Waals surface area contributed by atoms with Gasteiger partial charge >= 0.3 is 0 Å². The van der Waals surface area contributed by atoms with E-state index >= 15 is 0 Å². The van der Waals surface area contributed by atoms with Crippen molar-refractivity contribution in [3.63, 3.8) is 0 Å². The number of aliphatic hydroxyl groups excluding tert-OH is 1. The average Bonchev–Trinajstić information content (AvgIpc) is 2.78. The standard InChI is InChI=1S/C15H22N2O3S/c1-11(2)21(19,20)10-6-9-17-14-8-5-4-7-13(14)16-15(17)12(3)18/h4-5,7-8,11-12,18H,6,9-10H2,1-3H3. The molecule has 1 unspecified atom stereocenters. The Kier molecular flexibility index (Phi) is 4.68. The SMILES string of the molecule is CC(O)c1nc2ccccc2n1CCCS(=O)(=O)C(C)C. The van der Waals surface area contributed by atoms with E-state index in [1.165, 1.54) is 0 Å². The largest absolute Gasteiger partial charge is 0.385 e. The van der Waals surface area contributed by atoms with Crippen LogP contribution in [0.1, 0.15) is 39.1 Å². The number of benzene rings is 1. The van der Waals surface area contributed by atoms with E-state index < -0.39 is 15.9 Å². The molecule has 1 atom stereocenters. The van der Waals surface area contributed by atoms with Crippen LogP contribution in [0.4, 0.5) is 0 Å². The molecule has 6 heteroatoms. The van der Waals surface area contributed by atoms with Crippen LogP contribution in [0.15, 0.2) is 24.3 Å². The minimum Gasteiger partial charge on any atom is -0.385 e. The number of aromatic nitrogens is 2. The zero-order chi connectivity index (χ0) is 15.6. The topological polar surface area (TPSA) is 72.2 Å². The van der Waals surface area contributed by atoms with Crippen LogP contribution in [0.5, 0.6) is 0 Å².